The van der Waals surface area contributed by atoms with Crippen LogP contribution in [0.5, 0.6) is 0 Å². The third-order valence-electron chi connectivity index (χ3n) is 4.94. The number of amides is 2. The number of hydrogen-bond acceptors (Lipinski definition) is 6. The second-order valence-corrected chi connectivity index (χ2v) is 9.51. The van der Waals surface area contributed by atoms with Gasteiger partial charge < -0.3 is 15.4 Å². The molecule has 31 heavy (non-hydrogen) atoms. The van der Waals surface area contributed by atoms with Gasteiger partial charge in [0.15, 0.2) is 0 Å². The Labute approximate surface area is 183 Å². The number of carbonyl (C=O) groups is 3. The maximum absolute atomic E-state index is 12.9. The molecule has 1 aliphatic rings. The zero-order valence-corrected chi connectivity index (χ0v) is 18.7. The first kappa shape index (κ1) is 25.0. The van der Waals surface area contributed by atoms with Gasteiger partial charge in [0.05, 0.1) is 10.9 Å². The van der Waals surface area contributed by atoms with E-state index in [1.54, 1.807) is 32.0 Å². The van der Waals surface area contributed by atoms with Gasteiger partial charge in [-0.25, -0.2) is 8.42 Å². The number of rotatable bonds is 6. The quantitative estimate of drug-likeness (QED) is 0.545. The Bertz CT molecular complexity index is 857. The van der Waals surface area contributed by atoms with Crippen molar-refractivity contribution in [1.29, 1.82) is 0 Å². The molecule has 0 radical (unpaired) electrons. The molecular weight excluding hydrogens is 422 g/mol. The van der Waals surface area contributed by atoms with E-state index in [0.717, 1.165) is 19.3 Å². The van der Waals surface area contributed by atoms with Crippen LogP contribution in [0.2, 0.25) is 0 Å². The molecule has 0 spiro atoms. The molecule has 2 rings (SSSR count). The summed E-state index contributed by atoms with van der Waals surface area (Å²) in [7, 11) is -3.95. The summed E-state index contributed by atoms with van der Waals surface area (Å²) in [5, 5.41) is 5.12. The van der Waals surface area contributed by atoms with Crippen molar-refractivity contribution in [2.75, 3.05) is 19.8 Å². The number of ketones is 1. The lowest BCUT2D eigenvalue weighted by Gasteiger charge is -2.25. The number of benzene rings is 1. The highest BCUT2D eigenvalue weighted by molar-refractivity contribution is 7.89. The standard InChI is InChI=1S/C21H31N3O6S/c1-15(2)18(24-31(28,29)16-9-5-3-6-10-16)20(26)23-17-11-14-30-13-8-4-7-12-22-21(27)19(17)25/h3,5-6,9-10,15,17-18,24H,4,7-8,11-14H2,1-2H3,(H,22,27)(H,23,26). The third-order valence-corrected chi connectivity index (χ3v) is 6.40. The fraction of sp³-hybridized carbons (Fsp3) is 0.571. The molecule has 0 aromatic heterocycles. The second-order valence-electron chi connectivity index (χ2n) is 7.80. The summed E-state index contributed by atoms with van der Waals surface area (Å²) in [6, 6.07) is 5.49. The van der Waals surface area contributed by atoms with Gasteiger partial charge in [0, 0.05) is 19.8 Å². The normalized spacial score (nSPS) is 20.3. The largest absolute Gasteiger partial charge is 0.381 e. The van der Waals surface area contributed by atoms with Crippen LogP contribution < -0.4 is 15.4 Å². The Balaban J connectivity index is 2.14. The van der Waals surface area contributed by atoms with E-state index in [1.807, 2.05) is 0 Å². The first-order valence-corrected chi connectivity index (χ1v) is 12.0. The van der Waals surface area contributed by atoms with Gasteiger partial charge in [-0.1, -0.05) is 32.0 Å². The van der Waals surface area contributed by atoms with Gasteiger partial charge in [0.25, 0.3) is 5.91 Å². The van der Waals surface area contributed by atoms with Gasteiger partial charge in [-0.3, -0.25) is 14.4 Å². The van der Waals surface area contributed by atoms with Crippen molar-refractivity contribution >= 4 is 27.6 Å². The Morgan fingerprint density at radius 2 is 1.81 bits per heavy atom. The van der Waals surface area contributed by atoms with Gasteiger partial charge >= 0.3 is 0 Å². The van der Waals surface area contributed by atoms with Crippen molar-refractivity contribution in [3.63, 3.8) is 0 Å². The van der Waals surface area contributed by atoms with Gasteiger partial charge in [-0.05, 0) is 43.7 Å². The molecule has 10 heteroatoms. The Morgan fingerprint density at radius 3 is 2.48 bits per heavy atom. The summed E-state index contributed by atoms with van der Waals surface area (Å²) < 4.78 is 33.3. The third kappa shape index (κ3) is 7.71. The molecule has 2 unspecified atom stereocenters. The molecular formula is C21H31N3O6S. The van der Waals surface area contributed by atoms with Crippen molar-refractivity contribution in [1.82, 2.24) is 15.4 Å². The molecule has 0 aliphatic carbocycles. The van der Waals surface area contributed by atoms with E-state index in [9.17, 15) is 22.8 Å². The molecule has 1 aromatic rings. The summed E-state index contributed by atoms with van der Waals surface area (Å²) >= 11 is 0. The first-order chi connectivity index (χ1) is 14.7. The SMILES string of the molecule is CC(C)C(NS(=O)(=O)c1ccccc1)C(=O)NC1CCOCCCCCNC(=O)C1=O. The first-order valence-electron chi connectivity index (χ1n) is 10.5. The van der Waals surface area contributed by atoms with Crippen LogP contribution in [0, 0.1) is 5.92 Å². The molecule has 2 amide bonds. The van der Waals surface area contributed by atoms with Crippen molar-refractivity contribution in [2.24, 2.45) is 5.92 Å². The molecule has 1 aromatic carbocycles. The second kappa shape index (κ2) is 11.9. The molecule has 0 saturated carbocycles. The highest BCUT2D eigenvalue weighted by Gasteiger charge is 2.33. The Kier molecular flexibility index (Phi) is 9.60. The van der Waals surface area contributed by atoms with Crippen LogP contribution in [0.25, 0.3) is 0 Å². The fourth-order valence-electron chi connectivity index (χ4n) is 3.11. The highest BCUT2D eigenvalue weighted by Crippen LogP contribution is 2.12. The zero-order valence-electron chi connectivity index (χ0n) is 17.9. The van der Waals surface area contributed by atoms with E-state index in [-0.39, 0.29) is 17.9 Å². The fourth-order valence-corrected chi connectivity index (χ4v) is 4.48. The lowest BCUT2D eigenvalue weighted by Crippen LogP contribution is -2.55. The maximum Gasteiger partial charge on any atom is 0.289 e. The van der Waals surface area contributed by atoms with Gasteiger partial charge in [-0.2, -0.15) is 4.72 Å². The number of sulfonamides is 1. The van der Waals surface area contributed by atoms with E-state index in [4.69, 9.17) is 4.74 Å². The molecule has 172 valence electrons. The number of ether oxygens (including phenoxy) is 1. The summed E-state index contributed by atoms with van der Waals surface area (Å²) in [6.45, 7) is 4.49. The van der Waals surface area contributed by atoms with Crippen LogP contribution in [0.4, 0.5) is 0 Å². The number of Topliss-reactive ketones (excluding diaryl/α,β-unsaturated/α-hetero) is 1. The zero-order chi connectivity index (χ0) is 22.9. The Morgan fingerprint density at radius 1 is 1.10 bits per heavy atom. The van der Waals surface area contributed by atoms with Crippen LogP contribution in [0.15, 0.2) is 35.2 Å². The van der Waals surface area contributed by atoms with Gasteiger partial charge in [0.2, 0.25) is 21.7 Å². The van der Waals surface area contributed by atoms with E-state index < -0.39 is 45.6 Å². The smallest absolute Gasteiger partial charge is 0.289 e. The van der Waals surface area contributed by atoms with Crippen molar-refractivity contribution in [3.05, 3.63) is 30.3 Å². The topological polar surface area (TPSA) is 131 Å². The van der Waals surface area contributed by atoms with Gasteiger partial charge in [-0.15, -0.1) is 0 Å². The summed E-state index contributed by atoms with van der Waals surface area (Å²) in [5.74, 6) is -2.61. The van der Waals surface area contributed by atoms with Crippen LogP contribution in [-0.4, -0.2) is 57.9 Å². The van der Waals surface area contributed by atoms with E-state index in [2.05, 4.69) is 15.4 Å². The van der Waals surface area contributed by atoms with Crippen molar-refractivity contribution < 1.29 is 27.5 Å². The van der Waals surface area contributed by atoms with Gasteiger partial charge in [0.1, 0.15) is 6.04 Å². The summed E-state index contributed by atoms with van der Waals surface area (Å²) in [4.78, 5) is 37.7. The molecule has 2 atom stereocenters. The lowest BCUT2D eigenvalue weighted by atomic mass is 10.0. The van der Waals surface area contributed by atoms with Crippen LogP contribution >= 0.6 is 0 Å². The molecule has 1 fully saturated rings. The molecule has 1 saturated heterocycles. The maximum atomic E-state index is 12.9. The molecule has 0 bridgehead atoms. The average molecular weight is 454 g/mol. The van der Waals surface area contributed by atoms with E-state index in [1.165, 1.54) is 12.1 Å². The van der Waals surface area contributed by atoms with Crippen molar-refractivity contribution in [2.45, 2.75) is 56.5 Å². The van der Waals surface area contributed by atoms with Crippen molar-refractivity contribution in [3.8, 4) is 0 Å². The van der Waals surface area contributed by atoms with E-state index in [0.29, 0.717) is 13.2 Å². The van der Waals surface area contributed by atoms with Crippen LogP contribution in [-0.2, 0) is 29.1 Å². The number of nitrogens with one attached hydrogen (secondary N) is 3. The predicted octanol–water partition coefficient (Wildman–Crippen LogP) is 0.750. The minimum atomic E-state index is -3.95. The van der Waals surface area contributed by atoms with Crippen LogP contribution in [0.1, 0.15) is 39.5 Å². The number of carbonyl (C=O) groups excluding carboxylic acids is 3. The lowest BCUT2D eigenvalue weighted by molar-refractivity contribution is -0.140. The average Bonchev–Trinajstić information content (AvgIpc) is 2.74. The molecule has 1 aliphatic heterocycles. The van der Waals surface area contributed by atoms with E-state index >= 15 is 0 Å². The summed E-state index contributed by atoms with van der Waals surface area (Å²) in [5.41, 5.74) is 0. The van der Waals surface area contributed by atoms with Crippen LogP contribution in [0.3, 0.4) is 0 Å². The minimum absolute atomic E-state index is 0.0308. The minimum Gasteiger partial charge on any atom is -0.381 e. The monoisotopic (exact) mass is 453 g/mol. The highest BCUT2D eigenvalue weighted by atomic mass is 32.2. The summed E-state index contributed by atoms with van der Waals surface area (Å²) in [6.07, 6.45) is 2.58. The molecule has 1 heterocycles. The molecule has 9 nitrogen and oxygen atoms in total. The predicted molar refractivity (Wildman–Crippen MR) is 115 cm³/mol. The Hall–Kier alpha value is -2.30. The molecule has 3 N–H and O–H groups in total. The number of hydrogen-bond donors (Lipinski definition) is 3.